The molecule has 0 unspecified atom stereocenters. The van der Waals surface area contributed by atoms with Crippen molar-refractivity contribution in [1.29, 1.82) is 0 Å². The number of hydrogen-bond donors (Lipinski definition) is 1. The van der Waals surface area contributed by atoms with Crippen LogP contribution in [-0.4, -0.2) is 98.7 Å². The Morgan fingerprint density at radius 1 is 1.14 bits per heavy atom. The lowest BCUT2D eigenvalue weighted by Crippen LogP contribution is -2.54. The smallest absolute Gasteiger partial charge is 0.227 e. The number of nitrogens with one attached hydrogen (secondary N) is 1. The van der Waals surface area contributed by atoms with Gasteiger partial charge >= 0.3 is 0 Å². The van der Waals surface area contributed by atoms with E-state index in [1.165, 1.54) is 0 Å². The topological polar surface area (TPSA) is 60.4 Å². The minimum absolute atomic E-state index is 0.154. The summed E-state index contributed by atoms with van der Waals surface area (Å²) in [5, 5.41) is 4.06. The number of amides is 1. The van der Waals surface area contributed by atoms with Crippen LogP contribution in [0.5, 0.6) is 0 Å². The van der Waals surface area contributed by atoms with Gasteiger partial charge in [-0.1, -0.05) is 23.7 Å². The zero-order chi connectivity index (χ0) is 20.5. The molecule has 1 amide bonds. The van der Waals surface area contributed by atoms with E-state index in [-0.39, 0.29) is 5.91 Å². The molecule has 1 aromatic carbocycles. The number of nitrogens with zero attached hydrogens (tertiary/aromatic N) is 4. The highest BCUT2D eigenvalue weighted by molar-refractivity contribution is 6.30. The minimum atomic E-state index is 0.154. The van der Waals surface area contributed by atoms with Gasteiger partial charge in [-0.15, -0.1) is 0 Å². The molecule has 0 aromatic heterocycles. The molecular weight excluding hydrogens is 390 g/mol. The van der Waals surface area contributed by atoms with Gasteiger partial charge in [0.15, 0.2) is 5.96 Å². The van der Waals surface area contributed by atoms with E-state index in [2.05, 4.69) is 22.0 Å². The van der Waals surface area contributed by atoms with E-state index in [0.29, 0.717) is 24.5 Å². The number of ether oxygens (including phenoxy) is 1. The number of piperazine rings is 1. The van der Waals surface area contributed by atoms with Crippen LogP contribution in [0.4, 0.5) is 0 Å². The van der Waals surface area contributed by atoms with Crippen molar-refractivity contribution in [3.63, 3.8) is 0 Å². The summed E-state index contributed by atoms with van der Waals surface area (Å²) in [5.41, 5.74) is 0.961. The molecule has 0 saturated carbocycles. The second-order valence-electron chi connectivity index (χ2n) is 7.36. The molecule has 2 heterocycles. The van der Waals surface area contributed by atoms with Crippen molar-refractivity contribution in [1.82, 2.24) is 20.0 Å². The fourth-order valence-corrected chi connectivity index (χ4v) is 3.86. The predicted molar refractivity (Wildman–Crippen MR) is 117 cm³/mol. The van der Waals surface area contributed by atoms with Crippen molar-refractivity contribution in [2.45, 2.75) is 13.3 Å². The Kier molecular flexibility index (Phi) is 8.58. The van der Waals surface area contributed by atoms with Gasteiger partial charge in [0.05, 0.1) is 26.2 Å². The Hall–Kier alpha value is -1.83. The Bertz CT molecular complexity index is 685. The largest absolute Gasteiger partial charge is 0.379 e. The number of morpholine rings is 1. The fourth-order valence-electron chi connectivity index (χ4n) is 3.65. The molecule has 160 valence electrons. The van der Waals surface area contributed by atoms with E-state index >= 15 is 0 Å². The van der Waals surface area contributed by atoms with Gasteiger partial charge in [-0.3, -0.25) is 14.7 Å². The Balaban J connectivity index is 1.47. The molecule has 2 aliphatic rings. The summed E-state index contributed by atoms with van der Waals surface area (Å²) in [6, 6.07) is 7.53. The van der Waals surface area contributed by atoms with Crippen molar-refractivity contribution in [2.24, 2.45) is 4.99 Å². The van der Waals surface area contributed by atoms with E-state index < -0.39 is 0 Å². The molecule has 1 N–H and O–H groups in total. The van der Waals surface area contributed by atoms with E-state index in [1.807, 2.05) is 29.2 Å². The van der Waals surface area contributed by atoms with E-state index in [9.17, 15) is 4.79 Å². The van der Waals surface area contributed by atoms with E-state index in [0.717, 1.165) is 70.6 Å². The highest BCUT2D eigenvalue weighted by Crippen LogP contribution is 2.13. The number of halogens is 1. The van der Waals surface area contributed by atoms with Crippen molar-refractivity contribution in [2.75, 3.05) is 72.1 Å². The molecule has 3 rings (SSSR count). The summed E-state index contributed by atoms with van der Waals surface area (Å²) >= 11 is 6.03. The minimum Gasteiger partial charge on any atom is -0.379 e. The van der Waals surface area contributed by atoms with Crippen molar-refractivity contribution >= 4 is 23.5 Å². The van der Waals surface area contributed by atoms with Crippen LogP contribution in [0.25, 0.3) is 0 Å². The zero-order valence-electron chi connectivity index (χ0n) is 17.3. The number of carbonyl (C=O) groups excluding carboxylic acids is 1. The number of hydrogen-bond acceptors (Lipinski definition) is 4. The summed E-state index contributed by atoms with van der Waals surface area (Å²) in [5.74, 6) is 1.10. The first-order chi connectivity index (χ1) is 14.2. The Morgan fingerprint density at radius 2 is 1.86 bits per heavy atom. The SMILES string of the molecule is CCNC(=NCCN1CCOCC1)N1CCN(C(=O)Cc2cccc(Cl)c2)CC1. The number of aliphatic imine (C=N–C) groups is 1. The second kappa shape index (κ2) is 11.4. The lowest BCUT2D eigenvalue weighted by molar-refractivity contribution is -0.131. The van der Waals surface area contributed by atoms with Crippen LogP contribution >= 0.6 is 11.6 Å². The zero-order valence-corrected chi connectivity index (χ0v) is 18.0. The number of benzene rings is 1. The van der Waals surface area contributed by atoms with Gasteiger partial charge in [0.2, 0.25) is 5.91 Å². The molecule has 8 heteroatoms. The molecule has 0 aliphatic carbocycles. The number of guanidine groups is 1. The molecule has 1 aromatic rings. The molecule has 0 bridgehead atoms. The average molecular weight is 422 g/mol. The van der Waals surface area contributed by atoms with Crippen LogP contribution in [0.3, 0.4) is 0 Å². The lowest BCUT2D eigenvalue weighted by Gasteiger charge is -2.36. The average Bonchev–Trinajstić information content (AvgIpc) is 2.74. The molecule has 0 radical (unpaired) electrons. The predicted octanol–water partition coefficient (Wildman–Crippen LogP) is 1.32. The van der Waals surface area contributed by atoms with Crippen LogP contribution in [0.1, 0.15) is 12.5 Å². The van der Waals surface area contributed by atoms with Crippen molar-refractivity contribution in [3.8, 4) is 0 Å². The van der Waals surface area contributed by atoms with Gasteiger partial charge < -0.3 is 19.9 Å². The van der Waals surface area contributed by atoms with Gasteiger partial charge in [0.1, 0.15) is 0 Å². The van der Waals surface area contributed by atoms with Gasteiger partial charge in [0, 0.05) is 57.4 Å². The maximum atomic E-state index is 12.6. The highest BCUT2D eigenvalue weighted by Gasteiger charge is 2.23. The number of rotatable bonds is 6. The summed E-state index contributed by atoms with van der Waals surface area (Å²) in [6.07, 6.45) is 0.397. The van der Waals surface area contributed by atoms with Gasteiger partial charge in [-0.25, -0.2) is 0 Å². The van der Waals surface area contributed by atoms with Crippen molar-refractivity contribution in [3.05, 3.63) is 34.9 Å². The number of carbonyl (C=O) groups is 1. The molecule has 7 nitrogen and oxygen atoms in total. The monoisotopic (exact) mass is 421 g/mol. The molecule has 2 saturated heterocycles. The third-order valence-electron chi connectivity index (χ3n) is 5.29. The molecule has 0 atom stereocenters. The maximum absolute atomic E-state index is 12.6. The molecule has 2 fully saturated rings. The second-order valence-corrected chi connectivity index (χ2v) is 7.80. The van der Waals surface area contributed by atoms with Crippen LogP contribution in [0, 0.1) is 0 Å². The molecule has 2 aliphatic heterocycles. The van der Waals surface area contributed by atoms with Crippen molar-refractivity contribution < 1.29 is 9.53 Å². The van der Waals surface area contributed by atoms with Gasteiger partial charge in [0.25, 0.3) is 0 Å². The molecular formula is C21H32ClN5O2. The van der Waals surface area contributed by atoms with E-state index in [1.54, 1.807) is 0 Å². The third kappa shape index (κ3) is 6.87. The van der Waals surface area contributed by atoms with Gasteiger partial charge in [-0.05, 0) is 24.6 Å². The Morgan fingerprint density at radius 3 is 2.55 bits per heavy atom. The van der Waals surface area contributed by atoms with Gasteiger partial charge in [-0.2, -0.15) is 0 Å². The summed E-state index contributed by atoms with van der Waals surface area (Å²) in [4.78, 5) is 24.0. The quantitative estimate of drug-likeness (QED) is 0.554. The van der Waals surface area contributed by atoms with E-state index in [4.69, 9.17) is 21.3 Å². The van der Waals surface area contributed by atoms with Crippen LogP contribution in [0.2, 0.25) is 5.02 Å². The normalized spacial score (nSPS) is 18.8. The first-order valence-electron chi connectivity index (χ1n) is 10.5. The summed E-state index contributed by atoms with van der Waals surface area (Å²) in [6.45, 7) is 11.3. The molecule has 0 spiro atoms. The van der Waals surface area contributed by atoms with Crippen LogP contribution in [-0.2, 0) is 16.0 Å². The van der Waals surface area contributed by atoms with Crippen LogP contribution in [0.15, 0.2) is 29.3 Å². The molecule has 29 heavy (non-hydrogen) atoms. The first-order valence-corrected chi connectivity index (χ1v) is 10.9. The first kappa shape index (κ1) is 21.9. The standard InChI is InChI=1S/C21H32ClN5O2/c1-2-23-21(24-6-7-25-12-14-29-15-13-25)27-10-8-26(9-11-27)20(28)17-18-4-3-5-19(22)16-18/h3-5,16H,2,6-15,17H2,1H3,(H,23,24). The fraction of sp³-hybridized carbons (Fsp3) is 0.619. The third-order valence-corrected chi connectivity index (χ3v) is 5.53. The Labute approximate surface area is 178 Å². The summed E-state index contributed by atoms with van der Waals surface area (Å²) < 4.78 is 5.40. The summed E-state index contributed by atoms with van der Waals surface area (Å²) in [7, 11) is 0. The van der Waals surface area contributed by atoms with Crippen LogP contribution < -0.4 is 5.32 Å². The lowest BCUT2D eigenvalue weighted by atomic mass is 10.1. The highest BCUT2D eigenvalue weighted by atomic mass is 35.5. The maximum Gasteiger partial charge on any atom is 0.227 e.